The molecule has 6 rings (SSSR count). The second-order valence-electron chi connectivity index (χ2n) is 13.5. The molecule has 0 aromatic carbocycles. The number of esters is 2. The third-order valence-corrected chi connectivity index (χ3v) is 11.9. The third kappa shape index (κ3) is 3.83. The monoisotopic (exact) mass is 594 g/mol. The molecule has 1 spiro atoms. The van der Waals surface area contributed by atoms with Crippen LogP contribution < -0.4 is 0 Å². The van der Waals surface area contributed by atoms with Crippen molar-refractivity contribution >= 4 is 11.9 Å². The van der Waals surface area contributed by atoms with Crippen molar-refractivity contribution in [3.63, 3.8) is 0 Å². The summed E-state index contributed by atoms with van der Waals surface area (Å²) in [4.78, 5) is 27.5. The van der Waals surface area contributed by atoms with Crippen LogP contribution in [-0.2, 0) is 52.2 Å². The Labute approximate surface area is 247 Å². The Morgan fingerprint density at radius 3 is 2.36 bits per heavy atom. The number of ether oxygens (including phenoxy) is 9. The summed E-state index contributed by atoms with van der Waals surface area (Å²) >= 11 is 0. The fourth-order valence-corrected chi connectivity index (χ4v) is 10.5. The lowest BCUT2D eigenvalue weighted by Crippen LogP contribution is -2.62. The molecule has 4 aliphatic carbocycles. The van der Waals surface area contributed by atoms with Gasteiger partial charge in [0.25, 0.3) is 0 Å². The highest BCUT2D eigenvalue weighted by Crippen LogP contribution is 2.79. The lowest BCUT2D eigenvalue weighted by molar-refractivity contribution is -0.328. The fraction of sp³-hybridized carbons (Fsp3) is 0.871. The molecule has 0 radical (unpaired) electrons. The van der Waals surface area contributed by atoms with E-state index in [4.69, 9.17) is 42.6 Å². The number of carbonyl (C=O) groups excluding carboxylic acids is 2. The van der Waals surface area contributed by atoms with Crippen molar-refractivity contribution in [2.75, 3.05) is 49.3 Å². The van der Waals surface area contributed by atoms with E-state index in [0.29, 0.717) is 25.7 Å². The van der Waals surface area contributed by atoms with E-state index in [1.807, 2.05) is 6.92 Å². The first-order valence-electron chi connectivity index (χ1n) is 15.0. The van der Waals surface area contributed by atoms with Crippen LogP contribution in [0.2, 0.25) is 0 Å². The summed E-state index contributed by atoms with van der Waals surface area (Å²) < 4.78 is 54.0. The predicted octanol–water partition coefficient (Wildman–Crippen LogP) is 2.43. The van der Waals surface area contributed by atoms with Gasteiger partial charge in [-0.2, -0.15) is 0 Å². The van der Waals surface area contributed by atoms with Gasteiger partial charge in [0.2, 0.25) is 0 Å². The van der Waals surface area contributed by atoms with Crippen LogP contribution in [0.15, 0.2) is 12.2 Å². The van der Waals surface area contributed by atoms with E-state index in [2.05, 4.69) is 6.58 Å². The molecule has 42 heavy (non-hydrogen) atoms. The molecule has 4 bridgehead atoms. The highest BCUT2D eigenvalue weighted by molar-refractivity contribution is 5.85. The van der Waals surface area contributed by atoms with Crippen LogP contribution in [-0.4, -0.2) is 109 Å². The summed E-state index contributed by atoms with van der Waals surface area (Å²) in [7, 11) is 9.56. The standard InChI is InChI=1S/C31H46O11/c1-16-11-29-15-30(16,39-8)10-9-19(29)31-13-17(12-28(2,27(33)42-31)24(31)20(29)25(32)38-7)40-26-23(37-6)22(36-5)21(35-4)18(41-26)14-34-3/h17-24,26H,1,9-15H2,2-8H3/t17-,18-,19?,20-,21-,22+,23-,24-,26-,28?,29+,30+,31-/m1/s1. The Morgan fingerprint density at radius 1 is 1.02 bits per heavy atom. The molecular formula is C31H46O11. The van der Waals surface area contributed by atoms with Gasteiger partial charge in [-0.1, -0.05) is 6.58 Å². The molecule has 11 heteroatoms. The van der Waals surface area contributed by atoms with Crippen molar-refractivity contribution in [2.24, 2.45) is 28.6 Å². The molecule has 2 heterocycles. The quantitative estimate of drug-likeness (QED) is 0.289. The van der Waals surface area contributed by atoms with Crippen LogP contribution in [0.5, 0.6) is 0 Å². The zero-order valence-electron chi connectivity index (χ0n) is 25.8. The first-order chi connectivity index (χ1) is 20.0. The summed E-state index contributed by atoms with van der Waals surface area (Å²) in [6.45, 7) is 6.62. The van der Waals surface area contributed by atoms with Gasteiger partial charge in [-0.25, -0.2) is 0 Å². The molecule has 2 saturated heterocycles. The van der Waals surface area contributed by atoms with Crippen molar-refractivity contribution in [1.82, 2.24) is 0 Å². The largest absolute Gasteiger partial charge is 0.469 e. The SMILES string of the molecule is C=C1C[C@]23C[C@@]1(OC)CCC2[C@@]12C[C@H](O[C@@H]4O[C@H](COC)[C@@H](OC)[C@H](OC)[C@H]4OC)CC(C)(C(=O)O1)[C@H]2[C@@H]3C(=O)OC. The second-order valence-corrected chi connectivity index (χ2v) is 13.5. The van der Waals surface area contributed by atoms with Gasteiger partial charge in [-0.3, -0.25) is 9.59 Å². The van der Waals surface area contributed by atoms with Gasteiger partial charge in [-0.05, 0) is 50.0 Å². The normalized spacial score (nSPS) is 50.8. The fourth-order valence-electron chi connectivity index (χ4n) is 10.5. The van der Waals surface area contributed by atoms with Crippen LogP contribution in [0.25, 0.3) is 0 Å². The molecule has 0 aromatic rings. The summed E-state index contributed by atoms with van der Waals surface area (Å²) in [5.41, 5.74) is -1.76. The van der Waals surface area contributed by atoms with Crippen LogP contribution in [0.4, 0.5) is 0 Å². The second kappa shape index (κ2) is 10.5. The molecule has 13 atom stereocenters. The average Bonchev–Trinajstić information content (AvgIpc) is 3.40. The Bertz CT molecular complexity index is 1110. The molecule has 4 saturated carbocycles. The van der Waals surface area contributed by atoms with Crippen molar-refractivity contribution < 1.29 is 52.2 Å². The van der Waals surface area contributed by atoms with Crippen molar-refractivity contribution in [1.29, 1.82) is 0 Å². The minimum absolute atomic E-state index is 0.0601. The first-order valence-corrected chi connectivity index (χ1v) is 15.0. The maximum atomic E-state index is 13.8. The van der Waals surface area contributed by atoms with Crippen LogP contribution in [0, 0.1) is 28.6 Å². The summed E-state index contributed by atoms with van der Waals surface area (Å²) in [6.07, 6.45) is 0.524. The number of methoxy groups -OCH3 is 6. The molecule has 11 nitrogen and oxygen atoms in total. The van der Waals surface area contributed by atoms with Crippen molar-refractivity contribution in [2.45, 2.75) is 93.5 Å². The van der Waals surface area contributed by atoms with E-state index < -0.39 is 64.8 Å². The Hall–Kier alpha value is -1.60. The highest BCUT2D eigenvalue weighted by Gasteiger charge is 2.84. The van der Waals surface area contributed by atoms with E-state index >= 15 is 0 Å². The van der Waals surface area contributed by atoms with E-state index in [1.165, 1.54) is 7.11 Å². The van der Waals surface area contributed by atoms with E-state index in [9.17, 15) is 9.59 Å². The number of hydrogen-bond acceptors (Lipinski definition) is 11. The number of carbonyl (C=O) groups is 2. The van der Waals surface area contributed by atoms with Gasteiger partial charge in [-0.15, -0.1) is 0 Å². The Balaban J connectivity index is 1.37. The summed E-state index contributed by atoms with van der Waals surface area (Å²) in [5, 5.41) is 0. The molecular weight excluding hydrogens is 548 g/mol. The summed E-state index contributed by atoms with van der Waals surface area (Å²) in [6, 6.07) is 0. The maximum absolute atomic E-state index is 13.8. The van der Waals surface area contributed by atoms with Crippen LogP contribution in [0.1, 0.15) is 45.4 Å². The minimum Gasteiger partial charge on any atom is -0.469 e. The van der Waals surface area contributed by atoms with E-state index in [1.54, 1.807) is 35.5 Å². The van der Waals surface area contributed by atoms with E-state index in [-0.39, 0.29) is 30.4 Å². The molecule has 0 N–H and O–H groups in total. The number of rotatable bonds is 9. The lowest BCUT2D eigenvalue weighted by atomic mass is 9.59. The summed E-state index contributed by atoms with van der Waals surface area (Å²) in [5.74, 6) is -1.48. The Morgan fingerprint density at radius 2 is 1.74 bits per heavy atom. The maximum Gasteiger partial charge on any atom is 0.312 e. The average molecular weight is 595 g/mol. The third-order valence-electron chi connectivity index (χ3n) is 11.9. The molecule has 0 amide bonds. The van der Waals surface area contributed by atoms with Gasteiger partial charge in [0.05, 0.1) is 36.8 Å². The zero-order chi connectivity index (χ0) is 30.2. The molecule has 2 unspecified atom stereocenters. The topological polar surface area (TPSA) is 117 Å². The molecule has 6 fully saturated rings. The molecule has 6 aliphatic rings. The first kappa shape index (κ1) is 30.4. The highest BCUT2D eigenvalue weighted by atomic mass is 16.7. The van der Waals surface area contributed by atoms with Gasteiger partial charge < -0.3 is 42.6 Å². The van der Waals surface area contributed by atoms with Crippen LogP contribution >= 0.6 is 0 Å². The molecule has 2 aliphatic heterocycles. The molecule has 236 valence electrons. The van der Waals surface area contributed by atoms with Gasteiger partial charge in [0, 0.05) is 53.8 Å². The van der Waals surface area contributed by atoms with Crippen molar-refractivity contribution in [3.8, 4) is 0 Å². The lowest BCUT2D eigenvalue weighted by Gasteiger charge is -2.49. The van der Waals surface area contributed by atoms with E-state index in [0.717, 1.165) is 18.4 Å². The van der Waals surface area contributed by atoms with Gasteiger partial charge in [0.15, 0.2) is 6.29 Å². The van der Waals surface area contributed by atoms with Crippen LogP contribution in [0.3, 0.4) is 0 Å². The minimum atomic E-state index is -0.952. The van der Waals surface area contributed by atoms with Gasteiger partial charge in [0.1, 0.15) is 30.0 Å². The van der Waals surface area contributed by atoms with Gasteiger partial charge >= 0.3 is 11.9 Å². The number of hydrogen-bond donors (Lipinski definition) is 0. The smallest absolute Gasteiger partial charge is 0.312 e. The predicted molar refractivity (Wildman–Crippen MR) is 146 cm³/mol. The molecule has 0 aromatic heterocycles. The van der Waals surface area contributed by atoms with Crippen molar-refractivity contribution in [3.05, 3.63) is 12.2 Å². The Kier molecular flexibility index (Phi) is 7.60. The number of fused-ring (bicyclic) bond motifs is 1. The zero-order valence-corrected chi connectivity index (χ0v) is 25.8.